The lowest BCUT2D eigenvalue weighted by molar-refractivity contribution is -0.138. The van der Waals surface area contributed by atoms with E-state index in [9.17, 15) is 13.2 Å². The van der Waals surface area contributed by atoms with E-state index in [-0.39, 0.29) is 11.8 Å². The molecule has 1 aliphatic carbocycles. The zero-order chi connectivity index (χ0) is 14.8. The van der Waals surface area contributed by atoms with Gasteiger partial charge < -0.3 is 5.32 Å². The van der Waals surface area contributed by atoms with Crippen LogP contribution in [-0.4, -0.2) is 17.6 Å². The van der Waals surface area contributed by atoms with Crippen molar-refractivity contribution in [1.82, 2.24) is 10.3 Å². The van der Waals surface area contributed by atoms with Gasteiger partial charge in [0.2, 0.25) is 0 Å². The van der Waals surface area contributed by atoms with Crippen LogP contribution in [0.5, 0.6) is 0 Å². The van der Waals surface area contributed by atoms with Crippen molar-refractivity contribution in [2.24, 2.45) is 5.92 Å². The molecule has 1 aromatic rings. The van der Waals surface area contributed by atoms with E-state index in [2.05, 4.69) is 17.2 Å². The highest BCUT2D eigenvalue weighted by atomic mass is 19.4. The molecule has 0 radical (unpaired) electrons. The normalized spacial score (nSPS) is 26.9. The summed E-state index contributed by atoms with van der Waals surface area (Å²) >= 11 is 0. The van der Waals surface area contributed by atoms with Gasteiger partial charge in [0.1, 0.15) is 0 Å². The van der Waals surface area contributed by atoms with Gasteiger partial charge in [0, 0.05) is 18.4 Å². The standard InChI is InChI=1S/C15H21F3N2/c1-3-7-20-14-5-4-11(10(14)2)12-9-19-8-6-13(12)15(16,17)18/h6,8-11,14,20H,3-5,7H2,1-2H3. The first-order valence-electron chi connectivity index (χ1n) is 7.19. The van der Waals surface area contributed by atoms with Crippen molar-refractivity contribution in [2.75, 3.05) is 6.54 Å². The van der Waals surface area contributed by atoms with Crippen LogP contribution in [0.1, 0.15) is 50.2 Å². The molecule has 1 heterocycles. The Hall–Kier alpha value is -1.10. The fourth-order valence-electron chi connectivity index (χ4n) is 3.18. The molecule has 2 rings (SSSR count). The summed E-state index contributed by atoms with van der Waals surface area (Å²) in [6.45, 7) is 5.05. The average molecular weight is 286 g/mol. The highest BCUT2D eigenvalue weighted by Crippen LogP contribution is 2.44. The van der Waals surface area contributed by atoms with E-state index >= 15 is 0 Å². The summed E-state index contributed by atoms with van der Waals surface area (Å²) in [5.74, 6) is 0.140. The van der Waals surface area contributed by atoms with E-state index in [1.54, 1.807) is 0 Å². The van der Waals surface area contributed by atoms with Gasteiger partial charge in [-0.3, -0.25) is 4.98 Å². The number of alkyl halides is 3. The molecule has 0 bridgehead atoms. The van der Waals surface area contributed by atoms with Crippen LogP contribution in [0.15, 0.2) is 18.5 Å². The summed E-state index contributed by atoms with van der Waals surface area (Å²) in [6.07, 6.45) is 1.07. The number of aromatic nitrogens is 1. The average Bonchev–Trinajstić information content (AvgIpc) is 2.76. The maximum atomic E-state index is 13.1. The molecule has 3 unspecified atom stereocenters. The van der Waals surface area contributed by atoms with Crippen LogP contribution in [0, 0.1) is 5.92 Å². The minimum atomic E-state index is -4.30. The first-order chi connectivity index (χ1) is 9.45. The molecule has 0 aromatic carbocycles. The van der Waals surface area contributed by atoms with Gasteiger partial charge in [-0.25, -0.2) is 0 Å². The maximum absolute atomic E-state index is 13.1. The van der Waals surface area contributed by atoms with Gasteiger partial charge in [-0.2, -0.15) is 13.2 Å². The lowest BCUT2D eigenvalue weighted by Gasteiger charge is -2.24. The van der Waals surface area contributed by atoms with Crippen LogP contribution in [-0.2, 0) is 6.18 Å². The number of nitrogens with one attached hydrogen (secondary N) is 1. The molecule has 1 aliphatic rings. The topological polar surface area (TPSA) is 24.9 Å². The number of rotatable bonds is 4. The van der Waals surface area contributed by atoms with Crippen molar-refractivity contribution in [3.05, 3.63) is 29.6 Å². The second kappa shape index (κ2) is 6.12. The molecule has 2 nitrogen and oxygen atoms in total. The maximum Gasteiger partial charge on any atom is 0.416 e. The Bertz CT molecular complexity index is 445. The minimum Gasteiger partial charge on any atom is -0.314 e. The zero-order valence-electron chi connectivity index (χ0n) is 11.9. The number of halogens is 3. The third-order valence-electron chi connectivity index (χ3n) is 4.27. The minimum absolute atomic E-state index is 0.0605. The number of nitrogens with zero attached hydrogens (tertiary/aromatic N) is 1. The molecule has 1 N–H and O–H groups in total. The summed E-state index contributed by atoms with van der Waals surface area (Å²) in [4.78, 5) is 3.90. The Kier molecular flexibility index (Phi) is 4.68. The van der Waals surface area contributed by atoms with Crippen LogP contribution >= 0.6 is 0 Å². The molecule has 5 heteroatoms. The van der Waals surface area contributed by atoms with Gasteiger partial charge in [0.15, 0.2) is 0 Å². The third kappa shape index (κ3) is 3.14. The van der Waals surface area contributed by atoms with Crippen LogP contribution < -0.4 is 5.32 Å². The SMILES string of the molecule is CCCNC1CCC(c2cnccc2C(F)(F)F)C1C. The number of hydrogen-bond donors (Lipinski definition) is 1. The van der Waals surface area contributed by atoms with Gasteiger partial charge in [-0.05, 0) is 49.3 Å². The van der Waals surface area contributed by atoms with E-state index in [0.717, 1.165) is 31.9 Å². The van der Waals surface area contributed by atoms with E-state index in [1.807, 2.05) is 6.92 Å². The van der Waals surface area contributed by atoms with Gasteiger partial charge in [0.05, 0.1) is 5.56 Å². The Morgan fingerprint density at radius 2 is 2.10 bits per heavy atom. The lowest BCUT2D eigenvalue weighted by Crippen LogP contribution is -2.33. The van der Waals surface area contributed by atoms with Crippen molar-refractivity contribution >= 4 is 0 Å². The van der Waals surface area contributed by atoms with Crippen LogP contribution in [0.4, 0.5) is 13.2 Å². The molecular formula is C15H21F3N2. The van der Waals surface area contributed by atoms with Gasteiger partial charge >= 0.3 is 6.18 Å². The molecule has 0 spiro atoms. The van der Waals surface area contributed by atoms with E-state index < -0.39 is 11.7 Å². The summed E-state index contributed by atoms with van der Waals surface area (Å²) in [5.41, 5.74) is -0.172. The Morgan fingerprint density at radius 1 is 1.35 bits per heavy atom. The largest absolute Gasteiger partial charge is 0.416 e. The Balaban J connectivity index is 2.21. The number of hydrogen-bond acceptors (Lipinski definition) is 2. The van der Waals surface area contributed by atoms with Crippen LogP contribution in [0.25, 0.3) is 0 Å². The van der Waals surface area contributed by atoms with Crippen molar-refractivity contribution in [3.63, 3.8) is 0 Å². The summed E-state index contributed by atoms with van der Waals surface area (Å²) in [6, 6.07) is 1.40. The van der Waals surface area contributed by atoms with Crippen molar-refractivity contribution in [3.8, 4) is 0 Å². The van der Waals surface area contributed by atoms with Crippen LogP contribution in [0.3, 0.4) is 0 Å². The van der Waals surface area contributed by atoms with E-state index in [4.69, 9.17) is 0 Å². The van der Waals surface area contributed by atoms with Gasteiger partial charge in [0.25, 0.3) is 0 Å². The summed E-state index contributed by atoms with van der Waals surface area (Å²) < 4.78 is 39.3. The molecule has 3 atom stereocenters. The van der Waals surface area contributed by atoms with Crippen LogP contribution in [0.2, 0.25) is 0 Å². The van der Waals surface area contributed by atoms with Crippen molar-refractivity contribution < 1.29 is 13.2 Å². The second-order valence-corrected chi connectivity index (χ2v) is 5.56. The predicted molar refractivity (Wildman–Crippen MR) is 72.5 cm³/mol. The van der Waals surface area contributed by atoms with Gasteiger partial charge in [-0.15, -0.1) is 0 Å². The Morgan fingerprint density at radius 3 is 2.75 bits per heavy atom. The molecule has 0 amide bonds. The highest BCUT2D eigenvalue weighted by molar-refractivity contribution is 5.31. The molecular weight excluding hydrogens is 265 g/mol. The zero-order valence-corrected chi connectivity index (χ0v) is 11.9. The fraction of sp³-hybridized carbons (Fsp3) is 0.667. The highest BCUT2D eigenvalue weighted by Gasteiger charge is 2.40. The number of pyridine rings is 1. The quantitative estimate of drug-likeness (QED) is 0.905. The monoisotopic (exact) mass is 286 g/mol. The smallest absolute Gasteiger partial charge is 0.314 e. The molecule has 1 aromatic heterocycles. The Labute approximate surface area is 117 Å². The summed E-state index contributed by atoms with van der Waals surface area (Å²) in [5, 5.41) is 3.44. The molecule has 1 fully saturated rings. The third-order valence-corrected chi connectivity index (χ3v) is 4.27. The molecule has 0 saturated heterocycles. The second-order valence-electron chi connectivity index (χ2n) is 5.56. The predicted octanol–water partition coefficient (Wildman–Crippen LogP) is 3.98. The fourth-order valence-corrected chi connectivity index (χ4v) is 3.18. The molecule has 0 aliphatic heterocycles. The summed E-state index contributed by atoms with van der Waals surface area (Å²) in [7, 11) is 0. The first kappa shape index (κ1) is 15.3. The molecule has 112 valence electrons. The van der Waals surface area contributed by atoms with Crippen molar-refractivity contribution in [1.29, 1.82) is 0 Å². The lowest BCUT2D eigenvalue weighted by atomic mass is 9.87. The molecule has 1 saturated carbocycles. The first-order valence-corrected chi connectivity index (χ1v) is 7.19. The molecule has 20 heavy (non-hydrogen) atoms. The van der Waals surface area contributed by atoms with E-state index in [0.29, 0.717) is 11.6 Å². The van der Waals surface area contributed by atoms with E-state index in [1.165, 1.54) is 12.4 Å². The van der Waals surface area contributed by atoms with Crippen molar-refractivity contribution in [2.45, 2.75) is 51.2 Å². The van der Waals surface area contributed by atoms with Gasteiger partial charge in [-0.1, -0.05) is 13.8 Å².